The van der Waals surface area contributed by atoms with Gasteiger partial charge in [0.25, 0.3) is 17.3 Å². The molecule has 0 bridgehead atoms. The number of hydrogen-bond donors (Lipinski definition) is 2. The van der Waals surface area contributed by atoms with E-state index in [0.29, 0.717) is 0 Å². The number of aromatic nitrogens is 2. The highest BCUT2D eigenvalue weighted by Gasteiger charge is 2.22. The molecule has 0 saturated carbocycles. The van der Waals surface area contributed by atoms with Gasteiger partial charge in [-0.25, -0.2) is 9.97 Å². The van der Waals surface area contributed by atoms with Crippen LogP contribution in [-0.2, 0) is 0 Å². The van der Waals surface area contributed by atoms with E-state index in [-0.39, 0.29) is 28.5 Å². The summed E-state index contributed by atoms with van der Waals surface area (Å²) >= 11 is 0. The van der Waals surface area contributed by atoms with Crippen LogP contribution in [0.1, 0.15) is 16.1 Å². The van der Waals surface area contributed by atoms with Crippen molar-refractivity contribution < 1.29 is 14.6 Å². The van der Waals surface area contributed by atoms with Gasteiger partial charge in [0.2, 0.25) is 5.95 Å². The minimum atomic E-state index is -0.883. The van der Waals surface area contributed by atoms with Gasteiger partial charge in [0.05, 0.1) is 32.9 Å². The number of anilines is 1. The Kier molecular flexibility index (Phi) is 3.86. The molecular weight excluding hydrogens is 308 g/mol. The highest BCUT2D eigenvalue weighted by atomic mass is 16.6. The van der Waals surface area contributed by atoms with Crippen LogP contribution in [0.25, 0.3) is 11.3 Å². The minimum absolute atomic E-state index is 0.0306. The van der Waals surface area contributed by atoms with Crippen molar-refractivity contribution in [2.24, 2.45) is 5.73 Å². The third kappa shape index (κ3) is 3.02. The molecule has 0 fully saturated rings. The number of carbonyl (C=O) groups is 1. The molecule has 0 aliphatic carbocycles. The Morgan fingerprint density at radius 3 is 2.04 bits per heavy atom. The van der Waals surface area contributed by atoms with Crippen LogP contribution < -0.4 is 11.5 Å². The van der Waals surface area contributed by atoms with Crippen LogP contribution in [-0.4, -0.2) is 25.7 Å². The summed E-state index contributed by atoms with van der Waals surface area (Å²) in [7, 11) is 0. The van der Waals surface area contributed by atoms with E-state index in [4.69, 9.17) is 11.5 Å². The van der Waals surface area contributed by atoms with Crippen molar-refractivity contribution in [3.05, 3.63) is 49.7 Å². The number of carbonyl (C=O) groups excluding carboxylic acids is 1. The summed E-state index contributed by atoms with van der Waals surface area (Å²) in [6, 6.07) is 2.88. The SMILES string of the molecule is Cc1nc(N)nc(-c2cc([N+](=O)[O-])cc([N+](=O)[O-])c2)c1C(N)=O. The smallest absolute Gasteiger partial charge is 0.276 e. The number of amides is 1. The fourth-order valence-corrected chi connectivity index (χ4v) is 2.04. The summed E-state index contributed by atoms with van der Waals surface area (Å²) in [5.74, 6) is -1.08. The van der Waals surface area contributed by atoms with Gasteiger partial charge >= 0.3 is 0 Å². The number of rotatable bonds is 4. The first-order valence-electron chi connectivity index (χ1n) is 6.09. The number of hydrogen-bond acceptors (Lipinski definition) is 8. The van der Waals surface area contributed by atoms with Crippen molar-refractivity contribution in [3.8, 4) is 11.3 Å². The predicted octanol–water partition coefficient (Wildman–Crippen LogP) is 0.950. The molecule has 0 atom stereocenters. The standard InChI is InChI=1S/C12H10N6O5/c1-5-9(11(13)19)10(16-12(14)15-5)6-2-7(17(20)21)4-8(3-6)18(22)23/h2-4H,1H3,(H2,13,19)(H2,14,15,16). The van der Waals surface area contributed by atoms with Crippen LogP contribution in [0.5, 0.6) is 0 Å². The number of primary amides is 1. The summed E-state index contributed by atoms with van der Waals surface area (Å²) < 4.78 is 0. The number of benzene rings is 1. The first kappa shape index (κ1) is 15.8. The van der Waals surface area contributed by atoms with Crippen LogP contribution >= 0.6 is 0 Å². The van der Waals surface area contributed by atoms with Crippen LogP contribution in [0.3, 0.4) is 0 Å². The van der Waals surface area contributed by atoms with Gasteiger partial charge in [-0.05, 0) is 6.92 Å². The quantitative estimate of drug-likeness (QED) is 0.616. The van der Waals surface area contributed by atoms with E-state index in [0.717, 1.165) is 18.2 Å². The van der Waals surface area contributed by atoms with Gasteiger partial charge in [-0.3, -0.25) is 25.0 Å². The Hall–Kier alpha value is -3.63. The molecule has 0 unspecified atom stereocenters. The molecule has 0 aliphatic heterocycles. The lowest BCUT2D eigenvalue weighted by Crippen LogP contribution is -2.17. The number of nitrogen functional groups attached to an aromatic ring is 1. The fourth-order valence-electron chi connectivity index (χ4n) is 2.04. The fraction of sp³-hybridized carbons (Fsp3) is 0.0833. The largest absolute Gasteiger partial charge is 0.368 e. The van der Waals surface area contributed by atoms with E-state index < -0.39 is 27.1 Å². The van der Waals surface area contributed by atoms with Crippen LogP contribution in [0, 0.1) is 27.2 Å². The molecule has 2 aromatic rings. The Morgan fingerprint density at radius 1 is 1.09 bits per heavy atom. The zero-order valence-corrected chi connectivity index (χ0v) is 11.7. The number of nitrogens with zero attached hydrogens (tertiary/aromatic N) is 4. The van der Waals surface area contributed by atoms with Crippen molar-refractivity contribution >= 4 is 23.2 Å². The number of nitrogens with two attached hydrogens (primary N) is 2. The third-order valence-electron chi connectivity index (χ3n) is 2.95. The molecule has 0 aliphatic rings. The minimum Gasteiger partial charge on any atom is -0.368 e. The van der Waals surface area contributed by atoms with Crippen LogP contribution in [0.4, 0.5) is 17.3 Å². The molecule has 2 rings (SSSR count). The lowest BCUT2D eigenvalue weighted by molar-refractivity contribution is -0.394. The molecule has 11 nitrogen and oxygen atoms in total. The summed E-state index contributed by atoms with van der Waals surface area (Å²) in [4.78, 5) is 39.5. The second kappa shape index (κ2) is 5.63. The molecule has 4 N–H and O–H groups in total. The number of non-ortho nitro benzene ring substituents is 2. The highest BCUT2D eigenvalue weighted by molar-refractivity contribution is 6.00. The van der Waals surface area contributed by atoms with Gasteiger partial charge in [0.15, 0.2) is 0 Å². The normalized spacial score (nSPS) is 10.3. The summed E-state index contributed by atoms with van der Waals surface area (Å²) in [5.41, 5.74) is 9.65. The Balaban J connectivity index is 2.83. The zero-order valence-electron chi connectivity index (χ0n) is 11.7. The molecule has 0 saturated heterocycles. The lowest BCUT2D eigenvalue weighted by atomic mass is 10.0. The molecule has 1 aromatic heterocycles. The average Bonchev–Trinajstić information content (AvgIpc) is 2.45. The third-order valence-corrected chi connectivity index (χ3v) is 2.95. The highest BCUT2D eigenvalue weighted by Crippen LogP contribution is 2.31. The second-order valence-electron chi connectivity index (χ2n) is 4.51. The molecule has 11 heteroatoms. The van der Waals surface area contributed by atoms with Crippen molar-refractivity contribution in [1.29, 1.82) is 0 Å². The number of nitro groups is 2. The maximum Gasteiger partial charge on any atom is 0.276 e. The zero-order chi connectivity index (χ0) is 17.3. The molecule has 1 amide bonds. The molecule has 23 heavy (non-hydrogen) atoms. The number of nitro benzene ring substituents is 2. The maximum absolute atomic E-state index is 11.6. The number of aryl methyl sites for hydroxylation is 1. The van der Waals surface area contributed by atoms with E-state index in [1.165, 1.54) is 6.92 Å². The lowest BCUT2D eigenvalue weighted by Gasteiger charge is -2.09. The van der Waals surface area contributed by atoms with Crippen LogP contribution in [0.2, 0.25) is 0 Å². The van der Waals surface area contributed by atoms with E-state index in [9.17, 15) is 25.0 Å². The van der Waals surface area contributed by atoms with Gasteiger partial charge in [-0.1, -0.05) is 0 Å². The van der Waals surface area contributed by atoms with E-state index in [1.807, 2.05) is 0 Å². The summed E-state index contributed by atoms with van der Waals surface area (Å²) in [6.07, 6.45) is 0. The molecule has 118 valence electrons. The molecule has 0 radical (unpaired) electrons. The first-order chi connectivity index (χ1) is 10.7. The van der Waals surface area contributed by atoms with E-state index >= 15 is 0 Å². The summed E-state index contributed by atoms with van der Waals surface area (Å²) in [6.45, 7) is 1.45. The topological polar surface area (TPSA) is 181 Å². The monoisotopic (exact) mass is 318 g/mol. The molecule has 1 heterocycles. The van der Waals surface area contributed by atoms with Gasteiger partial charge in [-0.15, -0.1) is 0 Å². The van der Waals surface area contributed by atoms with Gasteiger partial charge in [0.1, 0.15) is 0 Å². The van der Waals surface area contributed by atoms with Crippen molar-refractivity contribution in [1.82, 2.24) is 9.97 Å². The second-order valence-corrected chi connectivity index (χ2v) is 4.51. The Bertz CT molecular complexity index is 818. The van der Waals surface area contributed by atoms with Crippen molar-refractivity contribution in [3.63, 3.8) is 0 Å². The first-order valence-corrected chi connectivity index (χ1v) is 6.09. The van der Waals surface area contributed by atoms with Crippen LogP contribution in [0.15, 0.2) is 18.2 Å². The molecular formula is C12H10N6O5. The average molecular weight is 318 g/mol. The van der Waals surface area contributed by atoms with Gasteiger partial charge in [0, 0.05) is 17.7 Å². The van der Waals surface area contributed by atoms with Crippen molar-refractivity contribution in [2.75, 3.05) is 5.73 Å². The molecule has 0 spiro atoms. The van der Waals surface area contributed by atoms with Gasteiger partial charge < -0.3 is 11.5 Å². The molecule has 1 aromatic carbocycles. The van der Waals surface area contributed by atoms with Gasteiger partial charge in [-0.2, -0.15) is 0 Å². The predicted molar refractivity (Wildman–Crippen MR) is 78.4 cm³/mol. The maximum atomic E-state index is 11.6. The summed E-state index contributed by atoms with van der Waals surface area (Å²) in [5, 5.41) is 21.9. The van der Waals surface area contributed by atoms with E-state index in [1.54, 1.807) is 0 Å². The Labute approximate surface area is 128 Å². The van der Waals surface area contributed by atoms with Crippen molar-refractivity contribution in [2.45, 2.75) is 6.92 Å². The Morgan fingerprint density at radius 2 is 1.61 bits per heavy atom. The van der Waals surface area contributed by atoms with E-state index in [2.05, 4.69) is 9.97 Å².